The zero-order chi connectivity index (χ0) is 14.2. The second-order valence-electron chi connectivity index (χ2n) is 6.44. The molecule has 0 saturated heterocycles. The maximum absolute atomic E-state index is 5.92. The van der Waals surface area contributed by atoms with E-state index in [1.54, 1.807) is 0 Å². The fourth-order valence-electron chi connectivity index (χ4n) is 3.60. The molecule has 1 aromatic heterocycles. The first-order chi connectivity index (χ1) is 9.64. The van der Waals surface area contributed by atoms with E-state index in [4.69, 9.17) is 21.9 Å². The quantitative estimate of drug-likeness (QED) is 0.835. The van der Waals surface area contributed by atoms with Crippen LogP contribution in [0.5, 0.6) is 0 Å². The maximum Gasteiger partial charge on any atom is 0.140 e. The summed E-state index contributed by atoms with van der Waals surface area (Å²) in [6.45, 7) is 2.32. The highest BCUT2D eigenvalue weighted by Gasteiger charge is 2.38. The molecule has 0 aromatic carbocycles. The molecule has 0 amide bonds. The Morgan fingerprint density at radius 2 is 1.95 bits per heavy atom. The van der Waals surface area contributed by atoms with Gasteiger partial charge >= 0.3 is 0 Å². The molecule has 1 aromatic rings. The van der Waals surface area contributed by atoms with Gasteiger partial charge in [-0.2, -0.15) is 0 Å². The highest BCUT2D eigenvalue weighted by Crippen LogP contribution is 2.41. The number of hydrogen-bond donors (Lipinski definition) is 1. The second kappa shape index (κ2) is 5.57. The van der Waals surface area contributed by atoms with E-state index in [0.29, 0.717) is 0 Å². The van der Waals surface area contributed by atoms with Crippen molar-refractivity contribution in [3.63, 3.8) is 0 Å². The number of aromatic nitrogens is 2. The predicted octanol–water partition coefficient (Wildman–Crippen LogP) is 4.07. The minimum atomic E-state index is -0.244. The molecular weight excluding hydrogens is 268 g/mol. The molecule has 2 aliphatic rings. The number of aromatic amines is 1. The van der Waals surface area contributed by atoms with Crippen LogP contribution in [0.2, 0.25) is 0 Å². The van der Waals surface area contributed by atoms with E-state index in [-0.39, 0.29) is 5.60 Å². The standard InChI is InChI=1S/C16H24N2OS/c1-11-7-9-16(19-2,10-8-11)15-17-13-6-4-3-5-12(13)14(20)18-15/h11H,3-10H2,1-2H3,(H,17,18,20). The number of nitrogens with one attached hydrogen (secondary N) is 1. The number of fused-ring (bicyclic) bond motifs is 1. The number of methoxy groups -OCH3 is 1. The summed E-state index contributed by atoms with van der Waals surface area (Å²) in [6.07, 6.45) is 9.15. The van der Waals surface area contributed by atoms with Crippen molar-refractivity contribution in [2.75, 3.05) is 7.11 Å². The minimum absolute atomic E-state index is 0.244. The molecule has 4 heteroatoms. The zero-order valence-corrected chi connectivity index (χ0v) is 13.3. The molecule has 110 valence electrons. The molecule has 0 radical (unpaired) electrons. The van der Waals surface area contributed by atoms with Crippen LogP contribution in [0.1, 0.15) is 62.5 Å². The Hall–Kier alpha value is -0.740. The molecule has 0 spiro atoms. The van der Waals surface area contributed by atoms with Crippen LogP contribution in [0.25, 0.3) is 0 Å². The fraction of sp³-hybridized carbons (Fsp3) is 0.750. The Morgan fingerprint density at radius 1 is 1.25 bits per heavy atom. The van der Waals surface area contributed by atoms with Crippen molar-refractivity contribution >= 4 is 12.2 Å². The molecule has 0 bridgehead atoms. The van der Waals surface area contributed by atoms with Crippen LogP contribution < -0.4 is 0 Å². The van der Waals surface area contributed by atoms with E-state index in [1.807, 2.05) is 7.11 Å². The van der Waals surface area contributed by atoms with E-state index in [1.165, 1.54) is 36.9 Å². The van der Waals surface area contributed by atoms with E-state index >= 15 is 0 Å². The fourth-order valence-corrected chi connectivity index (χ4v) is 3.92. The molecule has 1 N–H and O–H groups in total. The molecule has 1 heterocycles. The van der Waals surface area contributed by atoms with Gasteiger partial charge < -0.3 is 9.72 Å². The first-order valence-corrected chi connectivity index (χ1v) is 8.23. The third kappa shape index (κ3) is 2.44. The van der Waals surface area contributed by atoms with Gasteiger partial charge in [0.15, 0.2) is 0 Å². The monoisotopic (exact) mass is 292 g/mol. The van der Waals surface area contributed by atoms with Crippen molar-refractivity contribution in [1.29, 1.82) is 0 Å². The summed E-state index contributed by atoms with van der Waals surface area (Å²) < 4.78 is 6.71. The lowest BCUT2D eigenvalue weighted by molar-refractivity contribution is -0.0600. The van der Waals surface area contributed by atoms with E-state index in [0.717, 1.165) is 42.1 Å². The SMILES string of the molecule is COC1(c2nc(=S)c3c([nH]2)CCCC3)CCC(C)CC1. The van der Waals surface area contributed by atoms with Crippen LogP contribution >= 0.6 is 12.2 Å². The third-order valence-electron chi connectivity index (χ3n) is 5.11. The average molecular weight is 292 g/mol. The zero-order valence-electron chi connectivity index (χ0n) is 12.5. The van der Waals surface area contributed by atoms with E-state index in [2.05, 4.69) is 11.9 Å². The lowest BCUT2D eigenvalue weighted by Crippen LogP contribution is -2.36. The van der Waals surface area contributed by atoms with Gasteiger partial charge in [-0.15, -0.1) is 0 Å². The summed E-state index contributed by atoms with van der Waals surface area (Å²) in [6, 6.07) is 0. The van der Waals surface area contributed by atoms with Crippen LogP contribution in [-0.4, -0.2) is 17.1 Å². The summed E-state index contributed by atoms with van der Waals surface area (Å²) in [5, 5.41) is 0. The molecule has 0 unspecified atom stereocenters. The van der Waals surface area contributed by atoms with Gasteiger partial charge in [0, 0.05) is 18.4 Å². The lowest BCUT2D eigenvalue weighted by atomic mass is 9.78. The van der Waals surface area contributed by atoms with Crippen molar-refractivity contribution in [3.05, 3.63) is 21.7 Å². The van der Waals surface area contributed by atoms with Gasteiger partial charge in [0.1, 0.15) is 16.1 Å². The molecule has 1 fully saturated rings. The first kappa shape index (κ1) is 14.2. The number of nitrogens with zero attached hydrogens (tertiary/aromatic N) is 1. The van der Waals surface area contributed by atoms with Crippen molar-refractivity contribution < 1.29 is 4.74 Å². The van der Waals surface area contributed by atoms with Crippen LogP contribution in [-0.2, 0) is 23.2 Å². The molecule has 2 aliphatic carbocycles. The van der Waals surface area contributed by atoms with Gasteiger partial charge in [0.05, 0.1) is 0 Å². The summed E-state index contributed by atoms with van der Waals surface area (Å²) in [5.74, 6) is 1.76. The predicted molar refractivity (Wildman–Crippen MR) is 82.4 cm³/mol. The first-order valence-electron chi connectivity index (χ1n) is 7.82. The summed E-state index contributed by atoms with van der Waals surface area (Å²) in [5.41, 5.74) is 2.33. The Labute approximate surface area is 126 Å². The van der Waals surface area contributed by atoms with E-state index < -0.39 is 0 Å². The summed E-state index contributed by atoms with van der Waals surface area (Å²) >= 11 is 5.53. The molecular formula is C16H24N2OS. The molecule has 20 heavy (non-hydrogen) atoms. The van der Waals surface area contributed by atoms with Gasteiger partial charge in [0.2, 0.25) is 0 Å². The normalized spacial score (nSPS) is 30.0. The Bertz CT molecular complexity index is 544. The van der Waals surface area contributed by atoms with Crippen molar-refractivity contribution in [3.8, 4) is 0 Å². The molecule has 3 rings (SSSR count). The largest absolute Gasteiger partial charge is 0.370 e. The molecule has 1 saturated carbocycles. The van der Waals surface area contributed by atoms with Crippen LogP contribution in [0.4, 0.5) is 0 Å². The maximum atomic E-state index is 5.92. The molecule has 0 atom stereocenters. The van der Waals surface area contributed by atoms with Crippen LogP contribution in [0.15, 0.2) is 0 Å². The average Bonchev–Trinajstić information content (AvgIpc) is 2.48. The second-order valence-corrected chi connectivity index (χ2v) is 6.82. The van der Waals surface area contributed by atoms with Crippen molar-refractivity contribution in [2.24, 2.45) is 5.92 Å². The number of rotatable bonds is 2. The summed E-state index contributed by atoms with van der Waals surface area (Å²) in [4.78, 5) is 8.29. The Kier molecular flexibility index (Phi) is 3.95. The van der Waals surface area contributed by atoms with Gasteiger partial charge in [-0.1, -0.05) is 19.1 Å². The number of hydrogen-bond acceptors (Lipinski definition) is 3. The smallest absolute Gasteiger partial charge is 0.140 e. The van der Waals surface area contributed by atoms with Crippen LogP contribution in [0, 0.1) is 10.6 Å². The number of aryl methyl sites for hydroxylation is 1. The van der Waals surface area contributed by atoms with Crippen molar-refractivity contribution in [1.82, 2.24) is 9.97 Å². The minimum Gasteiger partial charge on any atom is -0.370 e. The molecule has 3 nitrogen and oxygen atoms in total. The van der Waals surface area contributed by atoms with E-state index in [9.17, 15) is 0 Å². The Balaban J connectivity index is 2.00. The van der Waals surface area contributed by atoms with Gasteiger partial charge in [0.25, 0.3) is 0 Å². The molecule has 0 aliphatic heterocycles. The highest BCUT2D eigenvalue weighted by atomic mass is 32.1. The summed E-state index contributed by atoms with van der Waals surface area (Å²) in [7, 11) is 1.81. The topological polar surface area (TPSA) is 37.9 Å². The van der Waals surface area contributed by atoms with Gasteiger partial charge in [-0.05, 0) is 57.3 Å². The van der Waals surface area contributed by atoms with Crippen LogP contribution in [0.3, 0.4) is 0 Å². The van der Waals surface area contributed by atoms with Gasteiger partial charge in [-0.3, -0.25) is 0 Å². The number of H-pyrrole nitrogens is 1. The lowest BCUT2D eigenvalue weighted by Gasteiger charge is -2.37. The third-order valence-corrected chi connectivity index (χ3v) is 5.45. The Morgan fingerprint density at radius 3 is 2.65 bits per heavy atom. The highest BCUT2D eigenvalue weighted by molar-refractivity contribution is 7.71. The van der Waals surface area contributed by atoms with Crippen molar-refractivity contribution in [2.45, 2.75) is 63.9 Å². The van der Waals surface area contributed by atoms with Gasteiger partial charge in [-0.25, -0.2) is 4.98 Å². The number of ether oxygens (including phenoxy) is 1.